The maximum atomic E-state index is 9.23. The van der Waals surface area contributed by atoms with Crippen LogP contribution in [-0.4, -0.2) is 47.3 Å². The second-order valence-corrected chi connectivity index (χ2v) is 4.72. The van der Waals surface area contributed by atoms with Crippen molar-refractivity contribution in [2.75, 3.05) is 19.8 Å². The maximum absolute atomic E-state index is 9.23. The Morgan fingerprint density at radius 2 is 1.69 bits per heavy atom. The fourth-order valence-corrected chi connectivity index (χ4v) is 1.35. The van der Waals surface area contributed by atoms with Crippen LogP contribution in [0.25, 0.3) is 0 Å². The minimum absolute atomic E-state index is 0.0404. The zero-order valence-electron chi connectivity index (χ0n) is 10.6. The van der Waals surface area contributed by atoms with Crippen LogP contribution in [0.5, 0.6) is 0 Å². The molecule has 0 aliphatic rings. The normalized spacial score (nSPS) is 16.1. The van der Waals surface area contributed by atoms with E-state index in [1.807, 2.05) is 13.8 Å². The van der Waals surface area contributed by atoms with E-state index in [-0.39, 0.29) is 25.4 Å². The van der Waals surface area contributed by atoms with Gasteiger partial charge in [0.1, 0.15) is 0 Å². The molecule has 0 aromatic heterocycles. The molecule has 2 atom stereocenters. The van der Waals surface area contributed by atoms with Crippen molar-refractivity contribution in [2.24, 2.45) is 5.41 Å². The molecule has 0 bridgehead atoms. The standard InChI is InChI=1S/C12H26O4/c1-4-12(7-13,8-14)9-16-11(3)6-5-10(2)15/h10-11,13-15H,4-9H2,1-3H3. The molecule has 0 radical (unpaired) electrons. The van der Waals surface area contributed by atoms with Gasteiger partial charge in [-0.3, -0.25) is 0 Å². The molecule has 0 spiro atoms. The zero-order chi connectivity index (χ0) is 12.6. The Labute approximate surface area is 98.2 Å². The molecule has 0 aliphatic carbocycles. The van der Waals surface area contributed by atoms with Gasteiger partial charge in [-0.1, -0.05) is 6.92 Å². The van der Waals surface area contributed by atoms with Crippen LogP contribution >= 0.6 is 0 Å². The minimum atomic E-state index is -0.529. The molecule has 0 aromatic carbocycles. The van der Waals surface area contributed by atoms with Gasteiger partial charge in [-0.2, -0.15) is 0 Å². The predicted molar refractivity (Wildman–Crippen MR) is 63.2 cm³/mol. The lowest BCUT2D eigenvalue weighted by Gasteiger charge is -2.29. The van der Waals surface area contributed by atoms with Crippen LogP contribution in [0.3, 0.4) is 0 Å². The SMILES string of the molecule is CCC(CO)(CO)COC(C)CCC(C)O. The zero-order valence-corrected chi connectivity index (χ0v) is 10.6. The van der Waals surface area contributed by atoms with Gasteiger partial charge in [0, 0.05) is 5.41 Å². The first-order valence-electron chi connectivity index (χ1n) is 6.01. The molecule has 0 aliphatic heterocycles. The van der Waals surface area contributed by atoms with E-state index >= 15 is 0 Å². The molecular weight excluding hydrogens is 208 g/mol. The van der Waals surface area contributed by atoms with Crippen molar-refractivity contribution in [2.45, 2.75) is 52.2 Å². The first-order chi connectivity index (χ1) is 7.49. The van der Waals surface area contributed by atoms with Gasteiger partial charge in [0.2, 0.25) is 0 Å². The summed E-state index contributed by atoms with van der Waals surface area (Å²) in [7, 11) is 0. The van der Waals surface area contributed by atoms with Crippen LogP contribution in [0.2, 0.25) is 0 Å². The molecule has 16 heavy (non-hydrogen) atoms. The molecule has 0 heterocycles. The van der Waals surface area contributed by atoms with Crippen LogP contribution in [0.4, 0.5) is 0 Å². The van der Waals surface area contributed by atoms with Gasteiger partial charge in [-0.15, -0.1) is 0 Å². The Morgan fingerprint density at radius 1 is 1.12 bits per heavy atom. The Morgan fingerprint density at radius 3 is 2.06 bits per heavy atom. The number of ether oxygens (including phenoxy) is 1. The first kappa shape index (κ1) is 15.8. The average Bonchev–Trinajstić information content (AvgIpc) is 2.29. The number of hydrogen-bond acceptors (Lipinski definition) is 4. The van der Waals surface area contributed by atoms with Crippen LogP contribution in [-0.2, 0) is 4.74 Å². The van der Waals surface area contributed by atoms with E-state index in [0.717, 1.165) is 6.42 Å². The summed E-state index contributed by atoms with van der Waals surface area (Å²) in [6.45, 7) is 5.85. The largest absolute Gasteiger partial charge is 0.396 e. The molecule has 0 aromatic rings. The van der Waals surface area contributed by atoms with E-state index in [4.69, 9.17) is 9.84 Å². The summed E-state index contributed by atoms with van der Waals surface area (Å²) < 4.78 is 5.60. The molecule has 98 valence electrons. The Kier molecular flexibility index (Phi) is 7.93. The summed E-state index contributed by atoms with van der Waals surface area (Å²) in [5, 5.41) is 27.6. The second kappa shape index (κ2) is 8.01. The highest BCUT2D eigenvalue weighted by molar-refractivity contribution is 4.76. The lowest BCUT2D eigenvalue weighted by molar-refractivity contribution is -0.0576. The third kappa shape index (κ3) is 5.80. The molecule has 3 N–H and O–H groups in total. The van der Waals surface area contributed by atoms with Gasteiger partial charge in [0.25, 0.3) is 0 Å². The molecule has 0 amide bonds. The highest BCUT2D eigenvalue weighted by atomic mass is 16.5. The molecule has 4 nitrogen and oxygen atoms in total. The molecule has 0 saturated heterocycles. The van der Waals surface area contributed by atoms with E-state index in [1.165, 1.54) is 0 Å². The Hall–Kier alpha value is -0.160. The number of rotatable bonds is 9. The molecule has 0 rings (SSSR count). The molecular formula is C12H26O4. The summed E-state index contributed by atoms with van der Waals surface area (Å²) in [5.41, 5.74) is -0.529. The first-order valence-corrected chi connectivity index (χ1v) is 6.01. The fraction of sp³-hybridized carbons (Fsp3) is 1.00. The summed E-state index contributed by atoms with van der Waals surface area (Å²) in [6, 6.07) is 0. The highest BCUT2D eigenvalue weighted by Gasteiger charge is 2.27. The summed E-state index contributed by atoms with van der Waals surface area (Å²) in [6.07, 6.45) is 1.91. The van der Waals surface area contributed by atoms with E-state index < -0.39 is 5.41 Å². The Bertz CT molecular complexity index is 158. The second-order valence-electron chi connectivity index (χ2n) is 4.72. The van der Waals surface area contributed by atoms with Crippen molar-refractivity contribution in [3.63, 3.8) is 0 Å². The number of aliphatic hydroxyl groups excluding tert-OH is 3. The smallest absolute Gasteiger partial charge is 0.0570 e. The average molecular weight is 234 g/mol. The Balaban J connectivity index is 3.91. The van der Waals surface area contributed by atoms with Crippen LogP contribution in [0.15, 0.2) is 0 Å². The van der Waals surface area contributed by atoms with Crippen molar-refractivity contribution in [1.82, 2.24) is 0 Å². The van der Waals surface area contributed by atoms with Crippen molar-refractivity contribution >= 4 is 0 Å². The van der Waals surface area contributed by atoms with Crippen LogP contribution in [0.1, 0.15) is 40.0 Å². The van der Waals surface area contributed by atoms with Crippen molar-refractivity contribution in [3.05, 3.63) is 0 Å². The fourth-order valence-electron chi connectivity index (χ4n) is 1.35. The van der Waals surface area contributed by atoms with Gasteiger partial charge in [0.05, 0.1) is 32.0 Å². The number of aliphatic hydroxyl groups is 3. The van der Waals surface area contributed by atoms with Crippen LogP contribution in [0, 0.1) is 5.41 Å². The van der Waals surface area contributed by atoms with Gasteiger partial charge >= 0.3 is 0 Å². The van der Waals surface area contributed by atoms with Gasteiger partial charge in [0.15, 0.2) is 0 Å². The molecule has 0 saturated carbocycles. The van der Waals surface area contributed by atoms with E-state index in [2.05, 4.69) is 0 Å². The van der Waals surface area contributed by atoms with Crippen LogP contribution < -0.4 is 0 Å². The minimum Gasteiger partial charge on any atom is -0.396 e. The van der Waals surface area contributed by atoms with Crippen molar-refractivity contribution < 1.29 is 20.1 Å². The van der Waals surface area contributed by atoms with Gasteiger partial charge < -0.3 is 20.1 Å². The number of hydrogen-bond donors (Lipinski definition) is 3. The third-order valence-corrected chi connectivity index (χ3v) is 3.09. The topological polar surface area (TPSA) is 69.9 Å². The van der Waals surface area contributed by atoms with E-state index in [1.54, 1.807) is 6.92 Å². The highest BCUT2D eigenvalue weighted by Crippen LogP contribution is 2.22. The summed E-state index contributed by atoms with van der Waals surface area (Å²) in [5.74, 6) is 0. The van der Waals surface area contributed by atoms with Gasteiger partial charge in [-0.25, -0.2) is 0 Å². The molecule has 0 fully saturated rings. The quantitative estimate of drug-likeness (QED) is 0.555. The van der Waals surface area contributed by atoms with E-state index in [0.29, 0.717) is 19.4 Å². The summed E-state index contributed by atoms with van der Waals surface area (Å²) in [4.78, 5) is 0. The maximum Gasteiger partial charge on any atom is 0.0570 e. The predicted octanol–water partition coefficient (Wildman–Crippen LogP) is 0.933. The van der Waals surface area contributed by atoms with Crippen molar-refractivity contribution in [3.8, 4) is 0 Å². The van der Waals surface area contributed by atoms with Gasteiger partial charge in [-0.05, 0) is 33.1 Å². The summed E-state index contributed by atoms with van der Waals surface area (Å²) >= 11 is 0. The van der Waals surface area contributed by atoms with Crippen molar-refractivity contribution in [1.29, 1.82) is 0 Å². The molecule has 4 heteroatoms. The molecule has 2 unspecified atom stereocenters. The monoisotopic (exact) mass is 234 g/mol. The lowest BCUT2D eigenvalue weighted by atomic mass is 9.88. The van der Waals surface area contributed by atoms with E-state index in [9.17, 15) is 10.2 Å². The lowest BCUT2D eigenvalue weighted by Crippen LogP contribution is -2.35. The third-order valence-electron chi connectivity index (χ3n) is 3.09.